The van der Waals surface area contributed by atoms with Crippen LogP contribution in [0.5, 0.6) is 0 Å². The molecule has 0 amide bonds. The van der Waals surface area contributed by atoms with Crippen molar-refractivity contribution in [2.45, 2.75) is 53.4 Å². The summed E-state index contributed by atoms with van der Waals surface area (Å²) >= 11 is 0. The van der Waals surface area contributed by atoms with Crippen LogP contribution < -0.4 is 0 Å². The highest BCUT2D eigenvalue weighted by Gasteiger charge is 2.14. The van der Waals surface area contributed by atoms with Crippen molar-refractivity contribution in [2.75, 3.05) is 0 Å². The molecule has 0 saturated carbocycles. The SMILES string of the molecule is CCCC(C)CC(CC)C(C)=O. The second kappa shape index (κ2) is 6.22. The Kier molecular flexibility index (Phi) is 6.04. The molecule has 0 fully saturated rings. The van der Waals surface area contributed by atoms with Crippen molar-refractivity contribution in [1.29, 1.82) is 0 Å². The van der Waals surface area contributed by atoms with Gasteiger partial charge in [0.15, 0.2) is 0 Å². The number of ketones is 1. The Morgan fingerprint density at radius 2 is 1.92 bits per heavy atom. The predicted octanol–water partition coefficient (Wildman–Crippen LogP) is 3.43. The van der Waals surface area contributed by atoms with E-state index in [0.717, 1.165) is 12.8 Å². The second-order valence-electron chi connectivity index (χ2n) is 3.85. The summed E-state index contributed by atoms with van der Waals surface area (Å²) in [6.07, 6.45) is 4.57. The lowest BCUT2D eigenvalue weighted by molar-refractivity contribution is -0.121. The number of carbonyl (C=O) groups is 1. The quantitative estimate of drug-likeness (QED) is 0.597. The molecule has 0 aromatic heterocycles. The van der Waals surface area contributed by atoms with Gasteiger partial charge in [-0.3, -0.25) is 4.79 Å². The van der Waals surface area contributed by atoms with Crippen LogP contribution in [0.25, 0.3) is 0 Å². The molecule has 0 heterocycles. The van der Waals surface area contributed by atoms with Crippen molar-refractivity contribution in [3.63, 3.8) is 0 Å². The van der Waals surface area contributed by atoms with E-state index in [9.17, 15) is 4.79 Å². The van der Waals surface area contributed by atoms with Gasteiger partial charge in [0.05, 0.1) is 0 Å². The highest BCUT2D eigenvalue weighted by Crippen LogP contribution is 2.19. The van der Waals surface area contributed by atoms with Crippen molar-refractivity contribution in [2.24, 2.45) is 11.8 Å². The van der Waals surface area contributed by atoms with E-state index in [1.54, 1.807) is 6.92 Å². The first-order chi connectivity index (χ1) is 5.61. The fourth-order valence-corrected chi connectivity index (χ4v) is 1.72. The Morgan fingerprint density at radius 1 is 1.33 bits per heavy atom. The number of rotatable bonds is 6. The molecule has 0 aliphatic carbocycles. The maximum Gasteiger partial charge on any atom is 0.132 e. The van der Waals surface area contributed by atoms with Gasteiger partial charge in [-0.1, -0.05) is 33.6 Å². The maximum atomic E-state index is 11.1. The van der Waals surface area contributed by atoms with E-state index in [1.807, 2.05) is 0 Å². The average Bonchev–Trinajstić information content (AvgIpc) is 2.00. The van der Waals surface area contributed by atoms with Gasteiger partial charge in [-0.15, -0.1) is 0 Å². The third-order valence-electron chi connectivity index (χ3n) is 2.54. The Bertz CT molecular complexity index is 129. The van der Waals surface area contributed by atoms with E-state index < -0.39 is 0 Å². The van der Waals surface area contributed by atoms with Gasteiger partial charge in [-0.25, -0.2) is 0 Å². The first-order valence-electron chi connectivity index (χ1n) is 5.12. The lowest BCUT2D eigenvalue weighted by Gasteiger charge is -2.16. The monoisotopic (exact) mass is 170 g/mol. The van der Waals surface area contributed by atoms with E-state index in [2.05, 4.69) is 20.8 Å². The lowest BCUT2D eigenvalue weighted by atomic mass is 9.89. The molecule has 0 N–H and O–H groups in total. The van der Waals surface area contributed by atoms with Crippen molar-refractivity contribution < 1.29 is 4.79 Å². The summed E-state index contributed by atoms with van der Waals surface area (Å²) in [5.74, 6) is 1.39. The van der Waals surface area contributed by atoms with Crippen molar-refractivity contribution in [3.05, 3.63) is 0 Å². The number of carbonyl (C=O) groups excluding carboxylic acids is 1. The molecular weight excluding hydrogens is 148 g/mol. The Balaban J connectivity index is 3.77. The smallest absolute Gasteiger partial charge is 0.132 e. The normalized spacial score (nSPS) is 15.7. The molecule has 0 spiro atoms. The van der Waals surface area contributed by atoms with Crippen LogP contribution in [0.4, 0.5) is 0 Å². The van der Waals surface area contributed by atoms with E-state index in [0.29, 0.717) is 17.6 Å². The molecule has 0 bridgehead atoms. The molecule has 0 aromatic carbocycles. The summed E-state index contributed by atoms with van der Waals surface area (Å²) in [4.78, 5) is 11.1. The van der Waals surface area contributed by atoms with Gasteiger partial charge in [-0.05, 0) is 25.7 Å². The number of Topliss-reactive ketones (excluding diaryl/α,β-unsaturated/α-hetero) is 1. The molecule has 12 heavy (non-hydrogen) atoms. The van der Waals surface area contributed by atoms with Gasteiger partial charge < -0.3 is 0 Å². The average molecular weight is 170 g/mol. The van der Waals surface area contributed by atoms with Gasteiger partial charge in [-0.2, -0.15) is 0 Å². The van der Waals surface area contributed by atoms with Gasteiger partial charge in [0.2, 0.25) is 0 Å². The standard InChI is InChI=1S/C11H22O/c1-5-7-9(3)8-11(6-2)10(4)12/h9,11H,5-8H2,1-4H3. The van der Waals surface area contributed by atoms with E-state index in [-0.39, 0.29) is 0 Å². The molecule has 0 aliphatic heterocycles. The van der Waals surface area contributed by atoms with Crippen LogP contribution in [0.2, 0.25) is 0 Å². The van der Waals surface area contributed by atoms with Gasteiger partial charge >= 0.3 is 0 Å². The minimum Gasteiger partial charge on any atom is -0.300 e. The third-order valence-corrected chi connectivity index (χ3v) is 2.54. The summed E-state index contributed by atoms with van der Waals surface area (Å²) in [5.41, 5.74) is 0. The van der Waals surface area contributed by atoms with Crippen LogP contribution in [0.15, 0.2) is 0 Å². The highest BCUT2D eigenvalue weighted by atomic mass is 16.1. The summed E-state index contributed by atoms with van der Waals surface area (Å²) in [5, 5.41) is 0. The Morgan fingerprint density at radius 3 is 2.25 bits per heavy atom. The third kappa shape index (κ3) is 4.53. The highest BCUT2D eigenvalue weighted by molar-refractivity contribution is 5.78. The van der Waals surface area contributed by atoms with Gasteiger partial charge in [0.1, 0.15) is 5.78 Å². The van der Waals surface area contributed by atoms with E-state index in [1.165, 1.54) is 12.8 Å². The molecular formula is C11H22O. The summed E-state index contributed by atoms with van der Waals surface area (Å²) in [6, 6.07) is 0. The van der Waals surface area contributed by atoms with Gasteiger partial charge in [0, 0.05) is 5.92 Å². The van der Waals surface area contributed by atoms with Crippen molar-refractivity contribution >= 4 is 5.78 Å². The first-order valence-corrected chi connectivity index (χ1v) is 5.12. The lowest BCUT2D eigenvalue weighted by Crippen LogP contribution is -2.13. The molecule has 0 rings (SSSR count). The molecule has 0 radical (unpaired) electrons. The zero-order valence-corrected chi connectivity index (χ0v) is 8.89. The minimum atomic E-state index is 0.312. The molecule has 2 atom stereocenters. The van der Waals surface area contributed by atoms with E-state index in [4.69, 9.17) is 0 Å². The largest absolute Gasteiger partial charge is 0.300 e. The fraction of sp³-hybridized carbons (Fsp3) is 0.909. The van der Waals surface area contributed by atoms with Crippen LogP contribution in [-0.4, -0.2) is 5.78 Å². The second-order valence-corrected chi connectivity index (χ2v) is 3.85. The maximum absolute atomic E-state index is 11.1. The van der Waals surface area contributed by atoms with Crippen molar-refractivity contribution in [1.82, 2.24) is 0 Å². The molecule has 72 valence electrons. The summed E-state index contributed by atoms with van der Waals surface area (Å²) < 4.78 is 0. The zero-order chi connectivity index (χ0) is 9.56. The molecule has 0 aliphatic rings. The van der Waals surface area contributed by atoms with Crippen LogP contribution in [0.3, 0.4) is 0 Å². The molecule has 2 unspecified atom stereocenters. The van der Waals surface area contributed by atoms with Crippen LogP contribution in [-0.2, 0) is 4.79 Å². The first kappa shape index (κ1) is 11.7. The molecule has 1 nitrogen and oxygen atoms in total. The van der Waals surface area contributed by atoms with E-state index >= 15 is 0 Å². The van der Waals surface area contributed by atoms with Crippen molar-refractivity contribution in [3.8, 4) is 0 Å². The topological polar surface area (TPSA) is 17.1 Å². The minimum absolute atomic E-state index is 0.312. The summed E-state index contributed by atoms with van der Waals surface area (Å²) in [6.45, 7) is 8.26. The molecule has 1 heteroatoms. The predicted molar refractivity (Wildman–Crippen MR) is 53.2 cm³/mol. The Hall–Kier alpha value is -0.330. The molecule has 0 saturated heterocycles. The number of hydrogen-bond acceptors (Lipinski definition) is 1. The van der Waals surface area contributed by atoms with Crippen LogP contribution >= 0.6 is 0 Å². The number of hydrogen-bond donors (Lipinski definition) is 0. The fourth-order valence-electron chi connectivity index (χ4n) is 1.72. The Labute approximate surface area is 76.6 Å². The van der Waals surface area contributed by atoms with Crippen LogP contribution in [0.1, 0.15) is 53.4 Å². The molecule has 0 aromatic rings. The van der Waals surface area contributed by atoms with Gasteiger partial charge in [0.25, 0.3) is 0 Å². The zero-order valence-electron chi connectivity index (χ0n) is 8.89. The summed E-state index contributed by atoms with van der Waals surface area (Å²) in [7, 11) is 0. The van der Waals surface area contributed by atoms with Crippen LogP contribution in [0, 0.1) is 11.8 Å².